The molecule has 0 saturated carbocycles. The number of likely N-dealkylation sites (tertiary alicyclic amines) is 1. The number of guanidine groups is 1. The molecule has 0 aromatic heterocycles. The predicted octanol–water partition coefficient (Wildman–Crippen LogP) is 2.29. The van der Waals surface area contributed by atoms with E-state index in [4.69, 9.17) is 25.7 Å². The van der Waals surface area contributed by atoms with E-state index in [9.17, 15) is 18.0 Å². The Balaban J connectivity index is 1.14. The van der Waals surface area contributed by atoms with Crippen LogP contribution in [0, 0.1) is 0 Å². The number of carbonyl (C=O) groups excluding carboxylic acids is 2. The van der Waals surface area contributed by atoms with Gasteiger partial charge in [-0.1, -0.05) is 18.2 Å². The fourth-order valence-corrected chi connectivity index (χ4v) is 7.46. The van der Waals surface area contributed by atoms with Crippen LogP contribution in [0.3, 0.4) is 0 Å². The largest absolute Gasteiger partial charge is 0.496 e. The molecule has 0 unspecified atom stereocenters. The molecule has 2 aromatic rings. The van der Waals surface area contributed by atoms with Gasteiger partial charge in [0.25, 0.3) is 5.91 Å². The van der Waals surface area contributed by atoms with Crippen molar-refractivity contribution in [1.29, 1.82) is 0 Å². The maximum atomic E-state index is 13.5. The first-order valence-electron chi connectivity index (χ1n) is 14.9. The first-order chi connectivity index (χ1) is 21.2. The minimum atomic E-state index is -3.40. The normalized spacial score (nSPS) is 18.3. The fraction of sp³-hybridized carbons (Fsp3) is 0.500. The number of nitrogens with zero attached hydrogens (tertiary/aromatic N) is 4. The van der Waals surface area contributed by atoms with E-state index in [2.05, 4.69) is 4.99 Å². The van der Waals surface area contributed by atoms with Gasteiger partial charge in [-0.25, -0.2) is 17.5 Å². The Labute approximate surface area is 257 Å². The lowest BCUT2D eigenvalue weighted by Gasteiger charge is -2.40. The third kappa shape index (κ3) is 7.18. The van der Waals surface area contributed by atoms with Crippen molar-refractivity contribution in [2.75, 3.05) is 50.5 Å². The van der Waals surface area contributed by atoms with E-state index in [-0.39, 0.29) is 49.0 Å². The number of amides is 2. The number of ether oxygens (including phenoxy) is 3. The van der Waals surface area contributed by atoms with Gasteiger partial charge in [0.05, 0.1) is 24.1 Å². The van der Waals surface area contributed by atoms with Gasteiger partial charge in [0.1, 0.15) is 24.2 Å². The summed E-state index contributed by atoms with van der Waals surface area (Å²) in [7, 11) is -1.89. The van der Waals surface area contributed by atoms with Gasteiger partial charge in [0.2, 0.25) is 10.0 Å². The van der Waals surface area contributed by atoms with Crippen molar-refractivity contribution in [3.63, 3.8) is 0 Å². The number of benzene rings is 2. The molecule has 238 valence electrons. The van der Waals surface area contributed by atoms with E-state index in [0.717, 1.165) is 11.3 Å². The number of cyclic esters (lactones) is 1. The van der Waals surface area contributed by atoms with Gasteiger partial charge in [-0.05, 0) is 50.3 Å². The molecule has 2 amide bonds. The van der Waals surface area contributed by atoms with Crippen molar-refractivity contribution in [3.05, 3.63) is 53.6 Å². The smallest absolute Gasteiger partial charge is 0.414 e. The fourth-order valence-electron chi connectivity index (χ4n) is 5.94. The first-order valence-corrected chi connectivity index (χ1v) is 16.5. The van der Waals surface area contributed by atoms with E-state index in [1.807, 2.05) is 24.3 Å². The van der Waals surface area contributed by atoms with Gasteiger partial charge in [0.15, 0.2) is 5.96 Å². The van der Waals surface area contributed by atoms with Gasteiger partial charge in [-0.15, -0.1) is 0 Å². The second kappa shape index (κ2) is 13.7. The molecule has 5 rings (SSSR count). The van der Waals surface area contributed by atoms with Crippen molar-refractivity contribution >= 4 is 33.7 Å². The van der Waals surface area contributed by atoms with E-state index in [1.54, 1.807) is 28.0 Å². The van der Waals surface area contributed by atoms with E-state index in [1.165, 1.54) is 11.4 Å². The Morgan fingerprint density at radius 2 is 1.77 bits per heavy atom. The Kier molecular flexibility index (Phi) is 9.79. The highest BCUT2D eigenvalue weighted by Crippen LogP contribution is 2.33. The number of hydrogen-bond donors (Lipinski definition) is 2. The van der Waals surface area contributed by atoms with Crippen molar-refractivity contribution < 1.29 is 32.2 Å². The number of aliphatic imine (C=N–C) groups is 1. The summed E-state index contributed by atoms with van der Waals surface area (Å²) in [5.74, 6) is 0.746. The maximum Gasteiger partial charge on any atom is 0.414 e. The van der Waals surface area contributed by atoms with Gasteiger partial charge >= 0.3 is 6.09 Å². The Morgan fingerprint density at radius 3 is 2.48 bits per heavy atom. The quantitative estimate of drug-likeness (QED) is 0.228. The highest BCUT2D eigenvalue weighted by molar-refractivity contribution is 7.89. The number of methoxy groups -OCH3 is 1. The van der Waals surface area contributed by atoms with Crippen LogP contribution in [-0.4, -0.2) is 93.3 Å². The lowest BCUT2D eigenvalue weighted by molar-refractivity contribution is 0.0705. The summed E-state index contributed by atoms with van der Waals surface area (Å²) in [6, 6.07) is 12.8. The molecule has 0 atom stereocenters. The molecular formula is C30H40N6O7S. The van der Waals surface area contributed by atoms with Crippen LogP contribution in [0.2, 0.25) is 0 Å². The van der Waals surface area contributed by atoms with Crippen LogP contribution in [0.4, 0.5) is 10.5 Å². The number of carbonyl (C=O) groups is 2. The number of anilines is 1. The van der Waals surface area contributed by atoms with Crippen LogP contribution in [-0.2, 0) is 21.4 Å². The predicted molar refractivity (Wildman–Crippen MR) is 165 cm³/mol. The second-order valence-electron chi connectivity index (χ2n) is 11.1. The summed E-state index contributed by atoms with van der Waals surface area (Å²) in [6.07, 6.45) is 2.17. The van der Waals surface area contributed by atoms with Gasteiger partial charge in [-0.3, -0.25) is 14.7 Å². The van der Waals surface area contributed by atoms with Gasteiger partial charge in [0, 0.05) is 50.4 Å². The molecule has 0 bridgehead atoms. The summed E-state index contributed by atoms with van der Waals surface area (Å²) in [6.45, 7) is 2.24. The molecule has 0 spiro atoms. The van der Waals surface area contributed by atoms with Crippen LogP contribution in [0.25, 0.3) is 0 Å². The van der Waals surface area contributed by atoms with Gasteiger partial charge in [-0.2, -0.15) is 0 Å². The number of rotatable bonds is 10. The molecule has 3 heterocycles. The SMILES string of the molecule is COc1cc(OC2CCN(S(=O)(=O)CCCN=C(N)N)CC2)ccc1C(=O)N1CCC(N2C(=O)OCc3ccccc32)CC1. The highest BCUT2D eigenvalue weighted by Gasteiger charge is 2.36. The number of hydrogen-bond acceptors (Lipinski definition) is 8. The number of sulfonamides is 1. The van der Waals surface area contributed by atoms with Crippen molar-refractivity contribution in [2.45, 2.75) is 50.9 Å². The first kappa shape index (κ1) is 31.4. The van der Waals surface area contributed by atoms with Crippen molar-refractivity contribution in [1.82, 2.24) is 9.21 Å². The second-order valence-corrected chi connectivity index (χ2v) is 13.2. The lowest BCUT2D eigenvalue weighted by atomic mass is 10.00. The zero-order chi connectivity index (χ0) is 31.3. The average molecular weight is 629 g/mol. The molecule has 2 fully saturated rings. The third-order valence-electron chi connectivity index (χ3n) is 8.27. The Hall–Kier alpha value is -4.04. The third-order valence-corrected chi connectivity index (χ3v) is 10.2. The van der Waals surface area contributed by atoms with Crippen LogP contribution >= 0.6 is 0 Å². The summed E-state index contributed by atoms with van der Waals surface area (Å²) in [5, 5.41) is 0. The summed E-state index contributed by atoms with van der Waals surface area (Å²) >= 11 is 0. The summed E-state index contributed by atoms with van der Waals surface area (Å²) in [5.41, 5.74) is 12.9. The standard InChI is InChI=1S/C30H40N6O7S/c1-41-27-19-24(43-23-11-16-35(17-12-23)44(39,40)18-4-13-33-29(31)32)7-8-25(27)28(37)34-14-9-22(10-15-34)36-26-6-3-2-5-21(26)20-42-30(36)38/h2-3,5-8,19,22-23H,4,9-18,20H2,1H3,(H4,31,32,33). The molecule has 14 heteroatoms. The van der Waals surface area contributed by atoms with Crippen LogP contribution in [0.5, 0.6) is 11.5 Å². The maximum absolute atomic E-state index is 13.5. The van der Waals surface area contributed by atoms with E-state index < -0.39 is 10.0 Å². The Bertz CT molecular complexity index is 1480. The zero-order valence-electron chi connectivity index (χ0n) is 24.9. The number of fused-ring (bicyclic) bond motifs is 1. The van der Waals surface area contributed by atoms with Crippen LogP contribution in [0.1, 0.15) is 48.0 Å². The minimum Gasteiger partial charge on any atom is -0.496 e. The molecular weight excluding hydrogens is 588 g/mol. The molecule has 3 aliphatic heterocycles. The molecule has 44 heavy (non-hydrogen) atoms. The van der Waals surface area contributed by atoms with Gasteiger partial charge < -0.3 is 30.6 Å². The van der Waals surface area contributed by atoms with E-state index in [0.29, 0.717) is 75.3 Å². The zero-order valence-corrected chi connectivity index (χ0v) is 25.7. The average Bonchev–Trinajstić information content (AvgIpc) is 3.03. The lowest BCUT2D eigenvalue weighted by Crippen LogP contribution is -2.50. The summed E-state index contributed by atoms with van der Waals surface area (Å²) in [4.78, 5) is 33.5. The van der Waals surface area contributed by atoms with Crippen molar-refractivity contribution in [2.24, 2.45) is 16.5 Å². The molecule has 4 N–H and O–H groups in total. The van der Waals surface area contributed by atoms with E-state index >= 15 is 0 Å². The highest BCUT2D eigenvalue weighted by atomic mass is 32.2. The van der Waals surface area contributed by atoms with Crippen LogP contribution in [0.15, 0.2) is 47.5 Å². The molecule has 3 aliphatic rings. The molecule has 0 aliphatic carbocycles. The number of nitrogens with two attached hydrogens (primary N) is 2. The minimum absolute atomic E-state index is 0.0155. The van der Waals surface area contributed by atoms with Crippen LogP contribution < -0.4 is 25.8 Å². The molecule has 13 nitrogen and oxygen atoms in total. The topological polar surface area (TPSA) is 170 Å². The van der Waals surface area contributed by atoms with Crippen molar-refractivity contribution in [3.8, 4) is 11.5 Å². The number of para-hydroxylation sites is 1. The molecule has 0 radical (unpaired) electrons. The molecule has 2 saturated heterocycles. The Morgan fingerprint density at radius 1 is 1.05 bits per heavy atom. The summed E-state index contributed by atoms with van der Waals surface area (Å²) < 4.78 is 44.0. The molecule has 2 aromatic carbocycles. The monoisotopic (exact) mass is 628 g/mol. The number of piperidine rings is 2.